The number of ether oxygens (including phenoxy) is 1. The Morgan fingerprint density at radius 1 is 1.43 bits per heavy atom. The van der Waals surface area contributed by atoms with E-state index < -0.39 is 34.8 Å². The van der Waals surface area contributed by atoms with Crippen LogP contribution in [0.5, 0.6) is 5.75 Å². The summed E-state index contributed by atoms with van der Waals surface area (Å²) in [6, 6.07) is -0.0707. The van der Waals surface area contributed by atoms with Crippen LogP contribution in [0.4, 0.5) is 0 Å². The van der Waals surface area contributed by atoms with Crippen LogP contribution in [-0.2, 0) is 11.3 Å². The highest BCUT2D eigenvalue weighted by molar-refractivity contribution is 5.97. The fraction of sp³-hybridized carbons (Fsp3) is 0.462. The van der Waals surface area contributed by atoms with Crippen LogP contribution in [0.3, 0.4) is 0 Å². The smallest absolute Gasteiger partial charge is 0.341 e. The van der Waals surface area contributed by atoms with E-state index in [1.165, 1.54) is 9.47 Å². The van der Waals surface area contributed by atoms with Crippen LogP contribution < -0.4 is 5.43 Å². The van der Waals surface area contributed by atoms with Gasteiger partial charge in [0.1, 0.15) is 5.56 Å². The molecule has 3 rings (SSSR count). The zero-order valence-corrected chi connectivity index (χ0v) is 11.3. The SMILES string of the molecule is C[C@@H]1CCOC2Cn3cc(C(=O)O)c(=O)c(O)c3C(=O)N21. The molecule has 0 saturated carbocycles. The molecule has 2 aliphatic heterocycles. The number of hydrogen-bond donors (Lipinski definition) is 2. The summed E-state index contributed by atoms with van der Waals surface area (Å²) in [7, 11) is 0. The molecule has 21 heavy (non-hydrogen) atoms. The normalized spacial score (nSPS) is 24.4. The molecule has 1 aromatic heterocycles. The molecule has 1 unspecified atom stereocenters. The Balaban J connectivity index is 2.18. The average Bonchev–Trinajstić information content (AvgIpc) is 2.42. The number of pyridine rings is 1. The number of nitrogens with zero attached hydrogens (tertiary/aromatic N) is 2. The summed E-state index contributed by atoms with van der Waals surface area (Å²) in [6.45, 7) is 2.55. The third-order valence-corrected chi connectivity index (χ3v) is 3.91. The van der Waals surface area contributed by atoms with Crippen LogP contribution in [-0.4, -0.2) is 50.4 Å². The number of rotatable bonds is 1. The molecule has 8 nitrogen and oxygen atoms in total. The molecule has 0 radical (unpaired) electrons. The summed E-state index contributed by atoms with van der Waals surface area (Å²) in [5, 5.41) is 18.9. The maximum atomic E-state index is 12.5. The predicted molar refractivity (Wildman–Crippen MR) is 69.3 cm³/mol. The van der Waals surface area contributed by atoms with Crippen LogP contribution in [0, 0.1) is 0 Å². The fourth-order valence-corrected chi connectivity index (χ4v) is 2.81. The van der Waals surface area contributed by atoms with Crippen LogP contribution in [0.15, 0.2) is 11.0 Å². The zero-order chi connectivity index (χ0) is 15.3. The summed E-state index contributed by atoms with van der Waals surface area (Å²) in [5.74, 6) is -2.79. The van der Waals surface area contributed by atoms with E-state index in [9.17, 15) is 19.5 Å². The van der Waals surface area contributed by atoms with Crippen molar-refractivity contribution in [1.29, 1.82) is 0 Å². The topological polar surface area (TPSA) is 109 Å². The first-order valence-electron chi connectivity index (χ1n) is 6.55. The Bertz CT molecular complexity index is 695. The second-order valence-corrected chi connectivity index (χ2v) is 5.20. The van der Waals surface area contributed by atoms with E-state index in [0.29, 0.717) is 13.0 Å². The first-order chi connectivity index (χ1) is 9.91. The third kappa shape index (κ3) is 1.90. The first kappa shape index (κ1) is 13.6. The Kier molecular flexibility index (Phi) is 2.98. The van der Waals surface area contributed by atoms with E-state index >= 15 is 0 Å². The quantitative estimate of drug-likeness (QED) is 0.745. The van der Waals surface area contributed by atoms with Crippen molar-refractivity contribution in [2.45, 2.75) is 32.2 Å². The molecule has 0 bridgehead atoms. The largest absolute Gasteiger partial charge is 0.503 e. The molecule has 3 heterocycles. The highest BCUT2D eigenvalue weighted by atomic mass is 16.5. The van der Waals surface area contributed by atoms with Crippen molar-refractivity contribution in [3.8, 4) is 5.75 Å². The summed E-state index contributed by atoms with van der Waals surface area (Å²) < 4.78 is 6.81. The Morgan fingerprint density at radius 3 is 2.81 bits per heavy atom. The lowest BCUT2D eigenvalue weighted by molar-refractivity contribution is -0.112. The molecule has 8 heteroatoms. The molecular formula is C13H14N2O6. The number of carboxylic acid groups (broad SMARTS) is 1. The summed E-state index contributed by atoms with van der Waals surface area (Å²) in [4.78, 5) is 36.8. The van der Waals surface area contributed by atoms with E-state index in [4.69, 9.17) is 9.84 Å². The lowest BCUT2D eigenvalue weighted by Crippen LogP contribution is -2.57. The first-order valence-corrected chi connectivity index (χ1v) is 6.55. The number of hydrogen-bond acceptors (Lipinski definition) is 5. The summed E-state index contributed by atoms with van der Waals surface area (Å²) >= 11 is 0. The van der Waals surface area contributed by atoms with Crippen molar-refractivity contribution >= 4 is 11.9 Å². The third-order valence-electron chi connectivity index (χ3n) is 3.91. The summed E-state index contributed by atoms with van der Waals surface area (Å²) in [6.07, 6.45) is 1.23. The van der Waals surface area contributed by atoms with Gasteiger partial charge < -0.3 is 24.4 Å². The minimum Gasteiger partial charge on any atom is -0.503 e. The average molecular weight is 294 g/mol. The maximum absolute atomic E-state index is 12.5. The van der Waals surface area contributed by atoms with Gasteiger partial charge in [-0.1, -0.05) is 0 Å². The number of aromatic nitrogens is 1. The van der Waals surface area contributed by atoms with Gasteiger partial charge >= 0.3 is 5.97 Å². The number of carbonyl (C=O) groups excluding carboxylic acids is 1. The molecule has 1 aromatic rings. The number of aromatic hydroxyl groups is 1. The number of carbonyl (C=O) groups is 2. The lowest BCUT2D eigenvalue weighted by atomic mass is 10.1. The lowest BCUT2D eigenvalue weighted by Gasteiger charge is -2.44. The number of aromatic carboxylic acids is 1. The highest BCUT2D eigenvalue weighted by Gasteiger charge is 2.40. The van der Waals surface area contributed by atoms with Crippen molar-refractivity contribution in [2.75, 3.05) is 6.61 Å². The maximum Gasteiger partial charge on any atom is 0.341 e. The van der Waals surface area contributed by atoms with Gasteiger partial charge in [0.2, 0.25) is 5.43 Å². The van der Waals surface area contributed by atoms with Crippen molar-refractivity contribution in [3.63, 3.8) is 0 Å². The zero-order valence-electron chi connectivity index (χ0n) is 11.3. The standard InChI is InChI=1S/C13H14N2O6/c1-6-2-3-21-8-5-14-4-7(13(19)20)10(16)11(17)9(14)12(18)15(6)8/h4,6,8,17H,2-3,5H2,1H3,(H,19,20)/t6-,8?/m1/s1. The molecule has 1 fully saturated rings. The molecular weight excluding hydrogens is 280 g/mol. The molecule has 2 aliphatic rings. The minimum absolute atomic E-state index is 0.0707. The number of carboxylic acids is 1. The van der Waals surface area contributed by atoms with Crippen LogP contribution in [0.25, 0.3) is 0 Å². The van der Waals surface area contributed by atoms with Gasteiger partial charge in [0.05, 0.1) is 13.2 Å². The predicted octanol–water partition coefficient (Wildman–Crippen LogP) is -0.157. The molecule has 112 valence electrons. The van der Waals surface area contributed by atoms with Gasteiger partial charge in [-0.05, 0) is 13.3 Å². The van der Waals surface area contributed by atoms with Gasteiger partial charge in [-0.25, -0.2) is 4.79 Å². The molecule has 1 saturated heterocycles. The van der Waals surface area contributed by atoms with E-state index in [1.54, 1.807) is 0 Å². The Morgan fingerprint density at radius 2 is 2.14 bits per heavy atom. The molecule has 2 atom stereocenters. The molecule has 0 aliphatic carbocycles. The van der Waals surface area contributed by atoms with Gasteiger partial charge in [-0.2, -0.15) is 0 Å². The van der Waals surface area contributed by atoms with Gasteiger partial charge in [0.25, 0.3) is 5.91 Å². The van der Waals surface area contributed by atoms with E-state index in [0.717, 1.165) is 6.20 Å². The monoisotopic (exact) mass is 294 g/mol. The molecule has 0 aromatic carbocycles. The van der Waals surface area contributed by atoms with Gasteiger partial charge in [0.15, 0.2) is 17.7 Å². The van der Waals surface area contributed by atoms with Crippen molar-refractivity contribution in [3.05, 3.63) is 27.7 Å². The summed E-state index contributed by atoms with van der Waals surface area (Å²) in [5.41, 5.74) is -1.80. The van der Waals surface area contributed by atoms with Crippen LogP contribution >= 0.6 is 0 Å². The van der Waals surface area contributed by atoms with E-state index in [2.05, 4.69) is 0 Å². The van der Waals surface area contributed by atoms with E-state index in [1.807, 2.05) is 6.92 Å². The van der Waals surface area contributed by atoms with Gasteiger partial charge in [-0.3, -0.25) is 9.59 Å². The van der Waals surface area contributed by atoms with E-state index in [-0.39, 0.29) is 18.3 Å². The molecule has 0 spiro atoms. The van der Waals surface area contributed by atoms with Crippen molar-refractivity contribution in [1.82, 2.24) is 9.47 Å². The highest BCUT2D eigenvalue weighted by Crippen LogP contribution is 2.29. The van der Waals surface area contributed by atoms with Gasteiger partial charge in [-0.15, -0.1) is 0 Å². The van der Waals surface area contributed by atoms with Crippen molar-refractivity contribution < 1.29 is 24.5 Å². The van der Waals surface area contributed by atoms with Crippen molar-refractivity contribution in [2.24, 2.45) is 0 Å². The van der Waals surface area contributed by atoms with Crippen LogP contribution in [0.2, 0.25) is 0 Å². The minimum atomic E-state index is -1.45. The molecule has 2 N–H and O–H groups in total. The fourth-order valence-electron chi connectivity index (χ4n) is 2.81. The number of fused-ring (bicyclic) bond motifs is 2. The van der Waals surface area contributed by atoms with Crippen LogP contribution in [0.1, 0.15) is 34.2 Å². The number of amides is 1. The second kappa shape index (κ2) is 4.59. The molecule has 1 amide bonds. The second-order valence-electron chi connectivity index (χ2n) is 5.20. The Labute approximate surface area is 119 Å². The van der Waals surface area contributed by atoms with Gasteiger partial charge in [0, 0.05) is 12.2 Å². The Hall–Kier alpha value is -2.35.